The summed E-state index contributed by atoms with van der Waals surface area (Å²) in [4.78, 5) is 0. The zero-order valence-electron chi connectivity index (χ0n) is 11.2. The zero-order valence-corrected chi connectivity index (χ0v) is 14.8. The maximum Gasteiger partial charge on any atom is -1.00 e. The standard InChI is InChI=1S/2C9H7.2ClH.Mo/c2*1-2-5-9-7-3-6-8(9)4-1;;;/h2*1-7H;2*1H;/q;;;;+2/p-2. The fourth-order valence-electron chi connectivity index (χ4n) is 2.83. The summed E-state index contributed by atoms with van der Waals surface area (Å²) < 4.78 is 1.39. The third kappa shape index (κ3) is 3.04. The molecule has 0 saturated heterocycles. The van der Waals surface area contributed by atoms with Crippen molar-refractivity contribution in [1.82, 2.24) is 0 Å². The van der Waals surface area contributed by atoms with Gasteiger partial charge in [-0.25, -0.2) is 0 Å². The van der Waals surface area contributed by atoms with Gasteiger partial charge in [0.25, 0.3) is 0 Å². The summed E-state index contributed by atoms with van der Waals surface area (Å²) in [5.74, 6) is 0. The molecule has 4 rings (SSSR count). The van der Waals surface area contributed by atoms with E-state index in [1.54, 1.807) is 11.1 Å². The molecule has 0 N–H and O–H groups in total. The summed E-state index contributed by atoms with van der Waals surface area (Å²) in [6.45, 7) is 0. The normalized spacial score (nSPS) is 20.2. The second-order valence-electron chi connectivity index (χ2n) is 4.95. The van der Waals surface area contributed by atoms with Gasteiger partial charge < -0.3 is 24.8 Å². The molecule has 2 unspecified atom stereocenters. The molecular formula is C18H14Cl2Mo. The molecule has 0 saturated carbocycles. The molecule has 0 aliphatic heterocycles. The minimum atomic E-state index is -0.137. The summed E-state index contributed by atoms with van der Waals surface area (Å²) >= 11 is -0.137. The molecule has 0 heterocycles. The van der Waals surface area contributed by atoms with E-state index in [0.717, 1.165) is 0 Å². The Bertz CT molecular complexity index is 632. The van der Waals surface area contributed by atoms with E-state index >= 15 is 0 Å². The van der Waals surface area contributed by atoms with Gasteiger partial charge in [0.05, 0.1) is 0 Å². The molecule has 0 bridgehead atoms. The maximum atomic E-state index is 2.42. The molecule has 2 atom stereocenters. The Morgan fingerprint density at radius 3 is 1.52 bits per heavy atom. The van der Waals surface area contributed by atoms with Gasteiger partial charge in [0.2, 0.25) is 0 Å². The molecule has 0 fully saturated rings. The van der Waals surface area contributed by atoms with Gasteiger partial charge in [-0.1, -0.05) is 0 Å². The van der Waals surface area contributed by atoms with Crippen LogP contribution in [0.1, 0.15) is 30.9 Å². The van der Waals surface area contributed by atoms with Gasteiger partial charge in [-0.05, 0) is 0 Å². The van der Waals surface area contributed by atoms with Crippen LogP contribution < -0.4 is 24.8 Å². The van der Waals surface area contributed by atoms with E-state index in [4.69, 9.17) is 0 Å². The molecule has 106 valence electrons. The maximum absolute atomic E-state index is 2.42. The van der Waals surface area contributed by atoms with Crippen molar-refractivity contribution in [1.29, 1.82) is 0 Å². The van der Waals surface area contributed by atoms with Gasteiger partial charge in [-0.3, -0.25) is 0 Å². The monoisotopic (exact) mass is 398 g/mol. The number of fused-ring (bicyclic) bond motifs is 2. The summed E-state index contributed by atoms with van der Waals surface area (Å²) in [7, 11) is 0. The molecule has 2 aliphatic rings. The van der Waals surface area contributed by atoms with Gasteiger partial charge in [-0.15, -0.1) is 0 Å². The van der Waals surface area contributed by atoms with Crippen LogP contribution in [0.15, 0.2) is 60.7 Å². The Morgan fingerprint density at radius 1 is 0.619 bits per heavy atom. The smallest absolute Gasteiger partial charge is 1.00 e. The predicted molar refractivity (Wildman–Crippen MR) is 76.4 cm³/mol. The van der Waals surface area contributed by atoms with Crippen molar-refractivity contribution >= 4 is 12.2 Å². The molecule has 2 aromatic carbocycles. The fourth-order valence-corrected chi connectivity index (χ4v) is 6.21. The summed E-state index contributed by atoms with van der Waals surface area (Å²) in [5, 5.41) is 0. The Balaban J connectivity index is 0.000000807. The van der Waals surface area contributed by atoms with E-state index in [1.807, 2.05) is 0 Å². The minimum Gasteiger partial charge on any atom is -1.00 e. The molecule has 0 nitrogen and oxygen atoms in total. The van der Waals surface area contributed by atoms with Crippen molar-refractivity contribution in [3.63, 3.8) is 0 Å². The second-order valence-corrected chi connectivity index (χ2v) is 8.12. The second kappa shape index (κ2) is 6.97. The third-order valence-electron chi connectivity index (χ3n) is 3.80. The van der Waals surface area contributed by atoms with Crippen LogP contribution in [0.25, 0.3) is 12.2 Å². The van der Waals surface area contributed by atoms with E-state index < -0.39 is 0 Å². The van der Waals surface area contributed by atoms with E-state index in [1.165, 1.54) is 11.1 Å². The van der Waals surface area contributed by atoms with Crippen molar-refractivity contribution in [2.24, 2.45) is 0 Å². The first-order chi connectivity index (χ1) is 9.42. The van der Waals surface area contributed by atoms with E-state index in [2.05, 4.69) is 72.8 Å². The van der Waals surface area contributed by atoms with Crippen molar-refractivity contribution in [3.05, 3.63) is 82.9 Å². The van der Waals surface area contributed by atoms with E-state index in [9.17, 15) is 0 Å². The number of rotatable bonds is 2. The third-order valence-corrected chi connectivity index (χ3v) is 7.26. The Kier molecular flexibility index (Phi) is 5.49. The van der Waals surface area contributed by atoms with Gasteiger partial charge in [-0.2, -0.15) is 0 Å². The molecule has 0 aromatic heterocycles. The molecule has 3 heteroatoms. The minimum absolute atomic E-state index is 0. The first-order valence-electron chi connectivity index (χ1n) is 6.61. The predicted octanol–water partition coefficient (Wildman–Crippen LogP) is -1.39. The summed E-state index contributed by atoms with van der Waals surface area (Å²) in [6.07, 6.45) is 9.44. The molecule has 2 aromatic rings. The van der Waals surface area contributed by atoms with Gasteiger partial charge in [0.1, 0.15) is 0 Å². The Hall–Kier alpha value is -0.812. The van der Waals surface area contributed by atoms with Crippen LogP contribution in [-0.4, -0.2) is 0 Å². The van der Waals surface area contributed by atoms with Crippen LogP contribution in [0.5, 0.6) is 0 Å². The first-order valence-corrected chi connectivity index (χ1v) is 8.93. The fraction of sp³-hybridized carbons (Fsp3) is 0.111. The number of hydrogen-bond acceptors (Lipinski definition) is 0. The number of allylic oxidation sites excluding steroid dienone is 2. The van der Waals surface area contributed by atoms with Crippen molar-refractivity contribution in [2.45, 2.75) is 8.62 Å². The molecule has 21 heavy (non-hydrogen) atoms. The molecule has 2 aliphatic carbocycles. The quantitative estimate of drug-likeness (QED) is 0.548. The number of benzene rings is 2. The Labute approximate surface area is 146 Å². The average molecular weight is 397 g/mol. The SMILES string of the molecule is C1=C[CH]([Mo+2][CH]2C=Cc3ccccc32)c2ccccc21.[Cl-].[Cl-]. The summed E-state index contributed by atoms with van der Waals surface area (Å²) in [6, 6.07) is 17.7. The van der Waals surface area contributed by atoms with Gasteiger partial charge in [0.15, 0.2) is 0 Å². The van der Waals surface area contributed by atoms with E-state index in [0.29, 0.717) is 8.62 Å². The Morgan fingerprint density at radius 2 is 1.05 bits per heavy atom. The van der Waals surface area contributed by atoms with Crippen LogP contribution in [-0.2, 0) is 18.6 Å². The molecule has 0 radical (unpaired) electrons. The van der Waals surface area contributed by atoms with Crippen molar-refractivity contribution < 1.29 is 43.4 Å². The molecular weight excluding hydrogens is 383 g/mol. The van der Waals surface area contributed by atoms with Crippen molar-refractivity contribution in [3.8, 4) is 0 Å². The van der Waals surface area contributed by atoms with Crippen molar-refractivity contribution in [2.75, 3.05) is 0 Å². The number of hydrogen-bond donors (Lipinski definition) is 0. The van der Waals surface area contributed by atoms with Crippen LogP contribution >= 0.6 is 0 Å². The average Bonchev–Trinajstić information content (AvgIpc) is 3.05. The van der Waals surface area contributed by atoms with Gasteiger partial charge in [0, 0.05) is 0 Å². The van der Waals surface area contributed by atoms with Crippen LogP contribution in [0.3, 0.4) is 0 Å². The zero-order chi connectivity index (χ0) is 12.7. The molecule has 0 amide bonds. The largest absolute Gasteiger partial charge is 1.00 e. The van der Waals surface area contributed by atoms with Crippen LogP contribution in [0.2, 0.25) is 0 Å². The van der Waals surface area contributed by atoms with Crippen LogP contribution in [0.4, 0.5) is 0 Å². The topological polar surface area (TPSA) is 0 Å². The van der Waals surface area contributed by atoms with Gasteiger partial charge >= 0.3 is 122 Å². The van der Waals surface area contributed by atoms with Crippen LogP contribution in [0, 0.1) is 0 Å². The first kappa shape index (κ1) is 16.6. The van der Waals surface area contributed by atoms with E-state index in [-0.39, 0.29) is 43.4 Å². The summed E-state index contributed by atoms with van der Waals surface area (Å²) in [5.41, 5.74) is 5.94. The molecule has 0 spiro atoms. The number of halogens is 2.